The molecule has 2 heterocycles. The fourth-order valence-electron chi connectivity index (χ4n) is 3.40. The molecule has 1 N–H and O–H groups in total. The minimum Gasteiger partial charge on any atom is -0.494 e. The molecule has 166 valence electrons. The van der Waals surface area contributed by atoms with Gasteiger partial charge < -0.3 is 19.7 Å². The molecule has 1 fully saturated rings. The Balaban J connectivity index is 1.34. The first-order valence-electron chi connectivity index (χ1n) is 11.0. The van der Waals surface area contributed by atoms with Crippen molar-refractivity contribution < 1.29 is 14.3 Å². The summed E-state index contributed by atoms with van der Waals surface area (Å²) in [6, 6.07) is 18.7. The van der Waals surface area contributed by atoms with Gasteiger partial charge in [-0.15, -0.1) is 10.2 Å². The number of nitrogens with one attached hydrogen (secondary N) is 1. The van der Waals surface area contributed by atoms with Crippen LogP contribution in [0.25, 0.3) is 11.3 Å². The van der Waals surface area contributed by atoms with Crippen molar-refractivity contribution in [3.63, 3.8) is 0 Å². The second-order valence-electron chi connectivity index (χ2n) is 7.63. The maximum absolute atomic E-state index is 12.5. The topological polar surface area (TPSA) is 76.6 Å². The molecule has 7 nitrogen and oxygen atoms in total. The number of carbonyl (C=O) groups is 1. The van der Waals surface area contributed by atoms with Crippen LogP contribution in [0.5, 0.6) is 5.75 Å². The molecule has 0 spiro atoms. The third-order valence-corrected chi connectivity index (χ3v) is 5.31. The number of unbranched alkanes of at least 4 members (excludes halogenated alkanes) is 1. The van der Waals surface area contributed by atoms with Gasteiger partial charge in [0.25, 0.3) is 5.91 Å². The standard InChI is InChI=1S/C25H28N4O3/c1-2-3-16-32-22-10-6-20(7-11-22)25(30)26-21-8-4-19(5-9-21)23-12-13-24(28-27-23)29-14-17-31-18-15-29/h4-13H,2-3,14-18H2,1H3,(H,26,30). The van der Waals surface area contributed by atoms with Crippen LogP contribution in [-0.2, 0) is 4.74 Å². The van der Waals surface area contributed by atoms with E-state index in [1.807, 2.05) is 48.5 Å². The van der Waals surface area contributed by atoms with Crippen LogP contribution < -0.4 is 15.0 Å². The molecule has 0 atom stereocenters. The number of ether oxygens (including phenoxy) is 2. The maximum atomic E-state index is 12.5. The molecular weight excluding hydrogens is 404 g/mol. The van der Waals surface area contributed by atoms with E-state index in [4.69, 9.17) is 9.47 Å². The van der Waals surface area contributed by atoms with Crippen LogP contribution in [0.1, 0.15) is 30.1 Å². The fraction of sp³-hybridized carbons (Fsp3) is 0.320. The average molecular weight is 433 g/mol. The molecule has 0 aliphatic carbocycles. The Kier molecular flexibility index (Phi) is 7.30. The summed E-state index contributed by atoms with van der Waals surface area (Å²) in [4.78, 5) is 14.7. The summed E-state index contributed by atoms with van der Waals surface area (Å²) in [6.07, 6.45) is 2.10. The average Bonchev–Trinajstić information content (AvgIpc) is 2.86. The first-order chi connectivity index (χ1) is 15.7. The van der Waals surface area contributed by atoms with Gasteiger partial charge in [0.2, 0.25) is 0 Å². The molecule has 1 aliphatic rings. The number of benzene rings is 2. The summed E-state index contributed by atoms with van der Waals surface area (Å²) in [6.45, 7) is 5.91. The van der Waals surface area contributed by atoms with Crippen LogP contribution >= 0.6 is 0 Å². The SMILES string of the molecule is CCCCOc1ccc(C(=O)Nc2ccc(-c3ccc(N4CCOCC4)nn3)cc2)cc1. The molecule has 0 unspecified atom stereocenters. The lowest BCUT2D eigenvalue weighted by Gasteiger charge is -2.27. The Bertz CT molecular complexity index is 999. The summed E-state index contributed by atoms with van der Waals surface area (Å²) in [7, 11) is 0. The molecular formula is C25H28N4O3. The first-order valence-corrected chi connectivity index (χ1v) is 11.0. The van der Waals surface area contributed by atoms with E-state index in [-0.39, 0.29) is 5.91 Å². The number of anilines is 2. The van der Waals surface area contributed by atoms with Crippen LogP contribution in [0.15, 0.2) is 60.7 Å². The van der Waals surface area contributed by atoms with E-state index in [0.717, 1.165) is 54.4 Å². The highest BCUT2D eigenvalue weighted by atomic mass is 16.5. The molecule has 4 rings (SSSR count). The maximum Gasteiger partial charge on any atom is 0.255 e. The highest BCUT2D eigenvalue weighted by Crippen LogP contribution is 2.22. The Morgan fingerprint density at radius 3 is 2.41 bits per heavy atom. The Morgan fingerprint density at radius 2 is 1.75 bits per heavy atom. The minimum atomic E-state index is -0.160. The normalized spacial score (nSPS) is 13.6. The number of nitrogens with zero attached hydrogens (tertiary/aromatic N) is 3. The van der Waals surface area contributed by atoms with Gasteiger partial charge in [0.1, 0.15) is 5.75 Å². The molecule has 1 aromatic heterocycles. The monoisotopic (exact) mass is 432 g/mol. The lowest BCUT2D eigenvalue weighted by Crippen LogP contribution is -2.36. The van der Waals surface area contributed by atoms with E-state index in [1.54, 1.807) is 12.1 Å². The fourth-order valence-corrected chi connectivity index (χ4v) is 3.40. The number of carbonyl (C=O) groups excluding carboxylic acids is 1. The molecule has 32 heavy (non-hydrogen) atoms. The molecule has 1 saturated heterocycles. The summed E-state index contributed by atoms with van der Waals surface area (Å²) in [5.74, 6) is 1.48. The Morgan fingerprint density at radius 1 is 1.00 bits per heavy atom. The van der Waals surface area contributed by atoms with Crippen LogP contribution in [0.3, 0.4) is 0 Å². The third kappa shape index (κ3) is 5.62. The number of hydrogen-bond acceptors (Lipinski definition) is 6. The van der Waals surface area contributed by atoms with Gasteiger partial charge in [0.05, 0.1) is 25.5 Å². The van der Waals surface area contributed by atoms with Crippen molar-refractivity contribution in [1.29, 1.82) is 0 Å². The lowest BCUT2D eigenvalue weighted by molar-refractivity contribution is 0.102. The van der Waals surface area contributed by atoms with E-state index >= 15 is 0 Å². The summed E-state index contributed by atoms with van der Waals surface area (Å²) >= 11 is 0. The van der Waals surface area contributed by atoms with E-state index in [1.165, 1.54) is 0 Å². The predicted octanol–water partition coefficient (Wildman–Crippen LogP) is 4.41. The van der Waals surface area contributed by atoms with E-state index in [9.17, 15) is 4.79 Å². The zero-order valence-electron chi connectivity index (χ0n) is 18.3. The quantitative estimate of drug-likeness (QED) is 0.532. The Labute approximate surface area is 188 Å². The van der Waals surface area contributed by atoms with Crippen molar-refractivity contribution in [3.8, 4) is 17.0 Å². The zero-order valence-corrected chi connectivity index (χ0v) is 18.3. The lowest BCUT2D eigenvalue weighted by atomic mass is 10.1. The van der Waals surface area contributed by atoms with Gasteiger partial charge in [0.15, 0.2) is 5.82 Å². The predicted molar refractivity (Wildman–Crippen MR) is 125 cm³/mol. The van der Waals surface area contributed by atoms with E-state index in [0.29, 0.717) is 25.4 Å². The molecule has 7 heteroatoms. The third-order valence-electron chi connectivity index (χ3n) is 5.31. The minimum absolute atomic E-state index is 0.160. The highest BCUT2D eigenvalue weighted by molar-refractivity contribution is 6.04. The smallest absolute Gasteiger partial charge is 0.255 e. The van der Waals surface area contributed by atoms with Gasteiger partial charge in [0, 0.05) is 29.9 Å². The van der Waals surface area contributed by atoms with E-state index in [2.05, 4.69) is 27.3 Å². The largest absolute Gasteiger partial charge is 0.494 e. The molecule has 0 bridgehead atoms. The van der Waals surface area contributed by atoms with Gasteiger partial charge in [-0.3, -0.25) is 4.79 Å². The summed E-state index contributed by atoms with van der Waals surface area (Å²) < 4.78 is 11.0. The van der Waals surface area contributed by atoms with Gasteiger partial charge in [-0.25, -0.2) is 0 Å². The molecule has 1 aliphatic heterocycles. The number of amides is 1. The van der Waals surface area contributed by atoms with Crippen LogP contribution in [-0.4, -0.2) is 49.0 Å². The van der Waals surface area contributed by atoms with E-state index < -0.39 is 0 Å². The van der Waals surface area contributed by atoms with Crippen molar-refractivity contribution in [2.75, 3.05) is 43.1 Å². The second kappa shape index (κ2) is 10.7. The van der Waals surface area contributed by atoms with Gasteiger partial charge in [-0.1, -0.05) is 25.5 Å². The highest BCUT2D eigenvalue weighted by Gasteiger charge is 2.13. The van der Waals surface area contributed by atoms with Crippen molar-refractivity contribution >= 4 is 17.4 Å². The molecule has 0 saturated carbocycles. The Hall–Kier alpha value is -3.45. The number of hydrogen-bond donors (Lipinski definition) is 1. The molecule has 2 aromatic carbocycles. The second-order valence-corrected chi connectivity index (χ2v) is 7.63. The number of rotatable bonds is 8. The zero-order chi connectivity index (χ0) is 22.2. The van der Waals surface area contributed by atoms with Crippen molar-refractivity contribution in [2.45, 2.75) is 19.8 Å². The van der Waals surface area contributed by atoms with Gasteiger partial charge in [-0.2, -0.15) is 0 Å². The van der Waals surface area contributed by atoms with Crippen molar-refractivity contribution in [3.05, 3.63) is 66.2 Å². The van der Waals surface area contributed by atoms with Crippen molar-refractivity contribution in [2.24, 2.45) is 0 Å². The first kappa shape index (κ1) is 21.8. The summed E-state index contributed by atoms with van der Waals surface area (Å²) in [5.41, 5.74) is 3.04. The molecule has 3 aromatic rings. The van der Waals surface area contributed by atoms with Crippen LogP contribution in [0, 0.1) is 0 Å². The number of aromatic nitrogens is 2. The molecule has 0 radical (unpaired) electrons. The van der Waals surface area contributed by atoms with Crippen LogP contribution in [0.2, 0.25) is 0 Å². The van der Waals surface area contributed by atoms with Gasteiger partial charge in [-0.05, 0) is 55.0 Å². The molecule has 1 amide bonds. The van der Waals surface area contributed by atoms with Gasteiger partial charge >= 0.3 is 0 Å². The van der Waals surface area contributed by atoms with Crippen molar-refractivity contribution in [1.82, 2.24) is 10.2 Å². The summed E-state index contributed by atoms with van der Waals surface area (Å²) in [5, 5.41) is 11.7. The number of morpholine rings is 1. The van der Waals surface area contributed by atoms with Crippen LogP contribution in [0.4, 0.5) is 11.5 Å².